The van der Waals surface area contributed by atoms with Crippen LogP contribution in [0.4, 0.5) is 0 Å². The highest BCUT2D eigenvalue weighted by atomic mass is 16.5. The van der Waals surface area contributed by atoms with E-state index in [1.807, 2.05) is 0 Å². The zero-order valence-electron chi connectivity index (χ0n) is 15.0. The van der Waals surface area contributed by atoms with Gasteiger partial charge in [0.1, 0.15) is 11.5 Å². The molecule has 142 valence electrons. The predicted octanol–water partition coefficient (Wildman–Crippen LogP) is 2.92. The number of aliphatic hydroxyl groups excluding tert-OH is 1. The van der Waals surface area contributed by atoms with Crippen LogP contribution in [0.1, 0.15) is 27.8 Å². The van der Waals surface area contributed by atoms with Crippen LogP contribution in [0.5, 0.6) is 0 Å². The summed E-state index contributed by atoms with van der Waals surface area (Å²) in [6.07, 6.45) is -0.0164. The zero-order chi connectivity index (χ0) is 19.9. The minimum Gasteiger partial charge on any atom is -0.465 e. The van der Waals surface area contributed by atoms with Crippen molar-refractivity contribution in [3.8, 4) is 11.3 Å². The number of hydrogen-bond donors (Lipinski definition) is 2. The molecular formula is C21H18N2O5. The molecule has 0 saturated carbocycles. The lowest BCUT2D eigenvalue weighted by molar-refractivity contribution is -0.129. The molecule has 1 aromatic heterocycles. The molecule has 7 nitrogen and oxygen atoms in total. The van der Waals surface area contributed by atoms with Crippen molar-refractivity contribution in [3.63, 3.8) is 0 Å². The van der Waals surface area contributed by atoms with Crippen molar-refractivity contribution < 1.29 is 23.8 Å². The van der Waals surface area contributed by atoms with Gasteiger partial charge in [0.2, 0.25) is 0 Å². The van der Waals surface area contributed by atoms with Crippen molar-refractivity contribution in [2.75, 3.05) is 7.11 Å². The maximum absolute atomic E-state index is 12.0. The number of carbonyl (C=O) groups is 2. The van der Waals surface area contributed by atoms with Crippen LogP contribution in [0, 0.1) is 0 Å². The summed E-state index contributed by atoms with van der Waals surface area (Å²) in [5, 5.41) is 13.8. The van der Waals surface area contributed by atoms with Crippen molar-refractivity contribution in [3.05, 3.63) is 83.6 Å². The zero-order valence-corrected chi connectivity index (χ0v) is 15.0. The third kappa shape index (κ3) is 4.33. The molecule has 0 spiro atoms. The molecule has 3 rings (SSSR count). The van der Waals surface area contributed by atoms with Crippen LogP contribution in [-0.4, -0.2) is 30.3 Å². The van der Waals surface area contributed by atoms with E-state index in [1.54, 1.807) is 66.7 Å². The standard InChI is InChI=1S/C21H18N2O5/c1-27-21(26)17-10-6-5-9-16(17)18-12-11-15(28-18)13-22-23-20(25)19(24)14-7-3-2-4-8-14/h2-13,19,24H,1H3,(H,23,25)/b22-13-/t19-/m0/s1. The van der Waals surface area contributed by atoms with Gasteiger partial charge in [-0.2, -0.15) is 5.10 Å². The Hall–Kier alpha value is -3.71. The molecule has 0 aliphatic heterocycles. The van der Waals surface area contributed by atoms with Crippen molar-refractivity contribution in [2.45, 2.75) is 6.10 Å². The number of rotatable bonds is 6. The SMILES string of the molecule is COC(=O)c1ccccc1-c1ccc(/C=N\NC(=O)[C@@H](O)c2ccccc2)o1. The molecule has 2 aromatic carbocycles. The average molecular weight is 378 g/mol. The van der Waals surface area contributed by atoms with Crippen molar-refractivity contribution in [2.24, 2.45) is 5.10 Å². The van der Waals surface area contributed by atoms with Crippen LogP contribution < -0.4 is 5.43 Å². The van der Waals surface area contributed by atoms with Crippen LogP contribution in [-0.2, 0) is 9.53 Å². The number of nitrogens with zero attached hydrogens (tertiary/aromatic N) is 1. The quantitative estimate of drug-likeness (QED) is 0.390. The number of ether oxygens (including phenoxy) is 1. The third-order valence-electron chi connectivity index (χ3n) is 3.95. The lowest BCUT2D eigenvalue weighted by atomic mass is 10.1. The van der Waals surface area contributed by atoms with Crippen LogP contribution in [0.15, 0.2) is 76.2 Å². The number of hydrogen-bond acceptors (Lipinski definition) is 6. The van der Waals surface area contributed by atoms with Crippen LogP contribution in [0.25, 0.3) is 11.3 Å². The number of benzene rings is 2. The Balaban J connectivity index is 1.68. The minimum absolute atomic E-state index is 0.365. The molecule has 1 amide bonds. The maximum Gasteiger partial charge on any atom is 0.338 e. The third-order valence-corrected chi connectivity index (χ3v) is 3.95. The number of nitrogens with one attached hydrogen (secondary N) is 1. The van der Waals surface area contributed by atoms with E-state index >= 15 is 0 Å². The number of hydrazone groups is 1. The Morgan fingerprint density at radius 1 is 1.07 bits per heavy atom. The highest BCUT2D eigenvalue weighted by molar-refractivity contribution is 5.96. The summed E-state index contributed by atoms with van der Waals surface area (Å²) < 4.78 is 10.4. The lowest BCUT2D eigenvalue weighted by Gasteiger charge is -2.08. The van der Waals surface area contributed by atoms with Crippen LogP contribution in [0.3, 0.4) is 0 Å². The molecule has 0 saturated heterocycles. The average Bonchev–Trinajstić information content (AvgIpc) is 3.22. The van der Waals surface area contributed by atoms with Gasteiger partial charge in [-0.05, 0) is 23.8 Å². The van der Waals surface area contributed by atoms with E-state index in [9.17, 15) is 14.7 Å². The highest BCUT2D eigenvalue weighted by Crippen LogP contribution is 2.26. The van der Waals surface area contributed by atoms with Gasteiger partial charge < -0.3 is 14.3 Å². The molecular weight excluding hydrogens is 360 g/mol. The number of methoxy groups -OCH3 is 1. The molecule has 0 fully saturated rings. The van der Waals surface area contributed by atoms with E-state index in [-0.39, 0.29) is 0 Å². The predicted molar refractivity (Wildman–Crippen MR) is 103 cm³/mol. The molecule has 0 bridgehead atoms. The summed E-state index contributed by atoms with van der Waals surface area (Å²) in [6.45, 7) is 0. The van der Waals surface area contributed by atoms with Gasteiger partial charge in [0.25, 0.3) is 5.91 Å². The first-order chi connectivity index (χ1) is 13.6. The lowest BCUT2D eigenvalue weighted by Crippen LogP contribution is -2.25. The van der Waals surface area contributed by atoms with E-state index in [1.165, 1.54) is 13.3 Å². The van der Waals surface area contributed by atoms with Crippen LogP contribution >= 0.6 is 0 Å². The second-order valence-corrected chi connectivity index (χ2v) is 5.79. The summed E-state index contributed by atoms with van der Waals surface area (Å²) in [5.41, 5.74) is 3.69. The Morgan fingerprint density at radius 3 is 2.54 bits per heavy atom. The number of furan rings is 1. The number of aliphatic hydroxyl groups is 1. The van der Waals surface area contributed by atoms with Gasteiger partial charge >= 0.3 is 5.97 Å². The first kappa shape index (κ1) is 19.1. The molecule has 0 radical (unpaired) electrons. The fourth-order valence-electron chi connectivity index (χ4n) is 2.56. The van der Waals surface area contributed by atoms with E-state index in [2.05, 4.69) is 10.5 Å². The van der Waals surface area contributed by atoms with Gasteiger partial charge in [-0.3, -0.25) is 4.79 Å². The number of amides is 1. The summed E-state index contributed by atoms with van der Waals surface area (Å²) in [4.78, 5) is 23.8. The second-order valence-electron chi connectivity index (χ2n) is 5.79. The minimum atomic E-state index is -1.32. The van der Waals surface area contributed by atoms with Crippen molar-refractivity contribution in [1.82, 2.24) is 5.43 Å². The first-order valence-corrected chi connectivity index (χ1v) is 8.43. The fourth-order valence-corrected chi connectivity index (χ4v) is 2.56. The summed E-state index contributed by atoms with van der Waals surface area (Å²) in [7, 11) is 1.31. The maximum atomic E-state index is 12.0. The van der Waals surface area contributed by atoms with E-state index in [0.29, 0.717) is 28.2 Å². The number of carbonyl (C=O) groups excluding carboxylic acids is 2. The molecule has 7 heteroatoms. The molecule has 1 atom stereocenters. The molecule has 28 heavy (non-hydrogen) atoms. The van der Waals surface area contributed by atoms with E-state index in [0.717, 1.165) is 0 Å². The smallest absolute Gasteiger partial charge is 0.338 e. The Labute approximate surface area is 161 Å². The van der Waals surface area contributed by atoms with Crippen molar-refractivity contribution in [1.29, 1.82) is 0 Å². The highest BCUT2D eigenvalue weighted by Gasteiger charge is 2.17. The van der Waals surface area contributed by atoms with Gasteiger partial charge in [-0.25, -0.2) is 10.2 Å². The van der Waals surface area contributed by atoms with Gasteiger partial charge in [-0.1, -0.05) is 48.5 Å². The molecule has 0 unspecified atom stereocenters. The summed E-state index contributed by atoms with van der Waals surface area (Å²) in [5.74, 6) is -0.308. The Kier molecular flexibility index (Phi) is 5.98. The largest absolute Gasteiger partial charge is 0.465 e. The van der Waals surface area contributed by atoms with Gasteiger partial charge in [0.05, 0.1) is 18.9 Å². The van der Waals surface area contributed by atoms with Crippen molar-refractivity contribution >= 4 is 18.1 Å². The first-order valence-electron chi connectivity index (χ1n) is 8.43. The van der Waals surface area contributed by atoms with Gasteiger partial charge in [0.15, 0.2) is 6.10 Å². The molecule has 3 aromatic rings. The summed E-state index contributed by atoms with van der Waals surface area (Å²) >= 11 is 0. The molecule has 0 aliphatic rings. The molecule has 0 aliphatic carbocycles. The van der Waals surface area contributed by atoms with Gasteiger partial charge in [0, 0.05) is 5.56 Å². The fraction of sp³-hybridized carbons (Fsp3) is 0.0952. The summed E-state index contributed by atoms with van der Waals surface area (Å²) in [6, 6.07) is 18.8. The van der Waals surface area contributed by atoms with E-state index < -0.39 is 18.0 Å². The number of esters is 1. The Bertz CT molecular complexity index is 995. The molecule has 2 N–H and O–H groups in total. The monoisotopic (exact) mass is 378 g/mol. The second kappa shape index (κ2) is 8.79. The normalized spacial score (nSPS) is 11.9. The Morgan fingerprint density at radius 2 is 1.79 bits per heavy atom. The van der Waals surface area contributed by atoms with Crippen LogP contribution in [0.2, 0.25) is 0 Å². The topological polar surface area (TPSA) is 101 Å². The molecule has 1 heterocycles. The van der Waals surface area contributed by atoms with E-state index in [4.69, 9.17) is 9.15 Å². The van der Waals surface area contributed by atoms with Gasteiger partial charge in [-0.15, -0.1) is 0 Å².